The largest absolute Gasteiger partial charge is 0.504 e. The number of hydrogen-bond acceptors (Lipinski definition) is 4. The van der Waals surface area contributed by atoms with E-state index in [4.69, 9.17) is 9.47 Å². The molecule has 4 nitrogen and oxygen atoms in total. The van der Waals surface area contributed by atoms with Gasteiger partial charge in [-0.2, -0.15) is 0 Å². The molecular formula is C17H18O4. The molecule has 4 heteroatoms. The summed E-state index contributed by atoms with van der Waals surface area (Å²) in [5.74, 6) is 0.515. The number of ether oxygens (including phenoxy) is 2. The molecule has 0 aromatic heterocycles. The fourth-order valence-corrected chi connectivity index (χ4v) is 2.09. The van der Waals surface area contributed by atoms with Crippen molar-refractivity contribution in [2.75, 3.05) is 7.11 Å². The van der Waals surface area contributed by atoms with Crippen LogP contribution in [-0.4, -0.2) is 18.5 Å². The van der Waals surface area contributed by atoms with Crippen molar-refractivity contribution < 1.29 is 19.4 Å². The van der Waals surface area contributed by atoms with Gasteiger partial charge in [0.1, 0.15) is 12.7 Å². The molecule has 0 heterocycles. The van der Waals surface area contributed by atoms with Crippen molar-refractivity contribution in [2.24, 2.45) is 0 Å². The zero-order valence-electron chi connectivity index (χ0n) is 12.1. The van der Waals surface area contributed by atoms with E-state index in [-0.39, 0.29) is 12.4 Å². The van der Waals surface area contributed by atoms with Crippen molar-refractivity contribution in [3.8, 4) is 11.5 Å². The first-order valence-corrected chi connectivity index (χ1v) is 6.64. The topological polar surface area (TPSA) is 55.8 Å². The van der Waals surface area contributed by atoms with Gasteiger partial charge >= 0.3 is 0 Å². The van der Waals surface area contributed by atoms with E-state index in [0.29, 0.717) is 5.75 Å². The van der Waals surface area contributed by atoms with Crippen LogP contribution >= 0.6 is 0 Å². The molecule has 1 unspecified atom stereocenters. The maximum absolute atomic E-state index is 11.1. The molecule has 2 aromatic rings. The van der Waals surface area contributed by atoms with Crippen LogP contribution in [0.3, 0.4) is 0 Å². The third kappa shape index (κ3) is 3.61. The fraction of sp³-hybridized carbons (Fsp3) is 0.235. The number of rotatable bonds is 6. The number of phenolic OH excluding ortho intramolecular Hbond substituents is 1. The minimum absolute atomic E-state index is 0.0942. The van der Waals surface area contributed by atoms with Gasteiger partial charge in [-0.3, -0.25) is 0 Å². The lowest BCUT2D eigenvalue weighted by atomic mass is 10.0. The van der Waals surface area contributed by atoms with E-state index in [2.05, 4.69) is 0 Å². The van der Waals surface area contributed by atoms with Gasteiger partial charge in [-0.1, -0.05) is 30.3 Å². The van der Waals surface area contributed by atoms with Crippen LogP contribution in [0, 0.1) is 6.92 Å². The van der Waals surface area contributed by atoms with Gasteiger partial charge in [0.05, 0.1) is 0 Å². The van der Waals surface area contributed by atoms with Crippen LogP contribution in [0.4, 0.5) is 0 Å². The molecule has 0 aliphatic carbocycles. The summed E-state index contributed by atoms with van der Waals surface area (Å²) < 4.78 is 10.8. The predicted octanol–water partition coefficient (Wildman–Crippen LogP) is 3.17. The van der Waals surface area contributed by atoms with Crippen LogP contribution in [0.1, 0.15) is 22.8 Å². The Morgan fingerprint density at radius 3 is 2.71 bits per heavy atom. The fourth-order valence-electron chi connectivity index (χ4n) is 2.09. The minimum atomic E-state index is -0.615. The Labute approximate surface area is 123 Å². The quantitative estimate of drug-likeness (QED) is 0.829. The number of phenols is 1. The molecule has 0 bridgehead atoms. The molecule has 0 fully saturated rings. The summed E-state index contributed by atoms with van der Waals surface area (Å²) in [7, 11) is 1.49. The van der Waals surface area contributed by atoms with Gasteiger partial charge in [-0.05, 0) is 35.7 Å². The lowest BCUT2D eigenvalue weighted by Crippen LogP contribution is -2.08. The van der Waals surface area contributed by atoms with E-state index >= 15 is 0 Å². The molecule has 1 atom stereocenters. The highest BCUT2D eigenvalue weighted by molar-refractivity contribution is 5.61. The van der Waals surface area contributed by atoms with Crippen molar-refractivity contribution in [2.45, 2.75) is 19.6 Å². The molecule has 2 rings (SSSR count). The second-order valence-corrected chi connectivity index (χ2v) is 4.75. The Balaban J connectivity index is 2.20. The van der Waals surface area contributed by atoms with E-state index in [1.54, 1.807) is 12.1 Å². The number of carbonyl (C=O) groups excluding carboxylic acids is 1. The third-order valence-electron chi connectivity index (χ3n) is 3.24. The molecule has 0 amide bonds. The van der Waals surface area contributed by atoms with Crippen molar-refractivity contribution in [3.63, 3.8) is 0 Å². The van der Waals surface area contributed by atoms with Gasteiger partial charge in [-0.25, -0.2) is 0 Å². The summed E-state index contributed by atoms with van der Waals surface area (Å²) in [4.78, 5) is 11.1. The van der Waals surface area contributed by atoms with E-state index in [0.717, 1.165) is 23.0 Å². The second-order valence-electron chi connectivity index (χ2n) is 4.75. The molecule has 0 saturated heterocycles. The number of methoxy groups -OCH3 is 1. The SMILES string of the molecule is COC(C=O)c1ccccc1COc1cc(C)ccc1O. The van der Waals surface area contributed by atoms with Crippen LogP contribution in [0.15, 0.2) is 42.5 Å². The Morgan fingerprint density at radius 1 is 1.24 bits per heavy atom. The molecule has 0 radical (unpaired) electrons. The molecule has 110 valence electrons. The summed E-state index contributed by atoms with van der Waals surface area (Å²) >= 11 is 0. The van der Waals surface area contributed by atoms with Crippen molar-refractivity contribution in [3.05, 3.63) is 59.2 Å². The van der Waals surface area contributed by atoms with E-state index < -0.39 is 6.10 Å². The molecule has 0 aliphatic rings. The van der Waals surface area contributed by atoms with Crippen LogP contribution in [0.5, 0.6) is 11.5 Å². The average molecular weight is 286 g/mol. The molecule has 0 saturated carbocycles. The van der Waals surface area contributed by atoms with Crippen LogP contribution in [0.2, 0.25) is 0 Å². The Bertz CT molecular complexity index is 622. The van der Waals surface area contributed by atoms with E-state index in [9.17, 15) is 9.90 Å². The second kappa shape index (κ2) is 6.90. The molecule has 0 aliphatic heterocycles. The third-order valence-corrected chi connectivity index (χ3v) is 3.24. The van der Waals surface area contributed by atoms with Crippen molar-refractivity contribution >= 4 is 6.29 Å². The van der Waals surface area contributed by atoms with Crippen molar-refractivity contribution in [1.82, 2.24) is 0 Å². The minimum Gasteiger partial charge on any atom is -0.504 e. The van der Waals surface area contributed by atoms with Gasteiger partial charge in [0.2, 0.25) is 0 Å². The zero-order chi connectivity index (χ0) is 15.2. The number of aromatic hydroxyl groups is 1. The maximum Gasteiger partial charge on any atom is 0.161 e. The summed E-state index contributed by atoms with van der Waals surface area (Å²) in [5.41, 5.74) is 2.61. The normalized spacial score (nSPS) is 11.9. The van der Waals surface area contributed by atoms with E-state index in [1.807, 2.05) is 37.3 Å². The summed E-state index contributed by atoms with van der Waals surface area (Å²) in [5, 5.41) is 9.78. The average Bonchev–Trinajstić information content (AvgIpc) is 2.50. The molecule has 0 spiro atoms. The standard InChI is InChI=1S/C17H18O4/c1-12-7-8-15(19)16(9-12)21-11-13-5-3-4-6-14(13)17(10-18)20-2/h3-10,17,19H,11H2,1-2H3. The molecule has 2 aromatic carbocycles. The van der Waals surface area contributed by atoms with Gasteiger partial charge < -0.3 is 19.4 Å². The van der Waals surface area contributed by atoms with Gasteiger partial charge in [0.15, 0.2) is 17.8 Å². The molecule has 1 N–H and O–H groups in total. The highest BCUT2D eigenvalue weighted by Crippen LogP contribution is 2.28. The maximum atomic E-state index is 11.1. The van der Waals surface area contributed by atoms with Gasteiger partial charge in [-0.15, -0.1) is 0 Å². The first-order chi connectivity index (χ1) is 10.2. The summed E-state index contributed by atoms with van der Waals surface area (Å²) in [6.45, 7) is 2.18. The number of aldehydes is 1. The monoisotopic (exact) mass is 286 g/mol. The lowest BCUT2D eigenvalue weighted by Gasteiger charge is -2.15. The van der Waals surface area contributed by atoms with Crippen LogP contribution in [-0.2, 0) is 16.1 Å². The summed E-state index contributed by atoms with van der Waals surface area (Å²) in [6.07, 6.45) is 0.138. The number of aryl methyl sites for hydroxylation is 1. The Kier molecular flexibility index (Phi) is 4.95. The number of hydrogen-bond donors (Lipinski definition) is 1. The zero-order valence-corrected chi connectivity index (χ0v) is 12.1. The first-order valence-electron chi connectivity index (χ1n) is 6.64. The van der Waals surface area contributed by atoms with Crippen molar-refractivity contribution in [1.29, 1.82) is 0 Å². The highest BCUT2D eigenvalue weighted by atomic mass is 16.5. The summed E-state index contributed by atoms with van der Waals surface area (Å²) in [6, 6.07) is 12.6. The highest BCUT2D eigenvalue weighted by Gasteiger charge is 2.14. The smallest absolute Gasteiger partial charge is 0.161 e. The van der Waals surface area contributed by atoms with E-state index in [1.165, 1.54) is 7.11 Å². The lowest BCUT2D eigenvalue weighted by molar-refractivity contribution is -0.116. The first kappa shape index (κ1) is 15.1. The molecule has 21 heavy (non-hydrogen) atoms. The van der Waals surface area contributed by atoms with Crippen LogP contribution in [0.25, 0.3) is 0 Å². The number of carbonyl (C=O) groups is 1. The Morgan fingerprint density at radius 2 is 2.00 bits per heavy atom. The van der Waals surface area contributed by atoms with Gasteiger partial charge in [0, 0.05) is 7.11 Å². The predicted molar refractivity (Wildman–Crippen MR) is 79.4 cm³/mol. The van der Waals surface area contributed by atoms with Gasteiger partial charge in [0.25, 0.3) is 0 Å². The Hall–Kier alpha value is -2.33. The van der Waals surface area contributed by atoms with Crippen LogP contribution < -0.4 is 4.74 Å². The number of benzene rings is 2. The molecular weight excluding hydrogens is 268 g/mol.